The van der Waals surface area contributed by atoms with Crippen LogP contribution in [0.5, 0.6) is 0 Å². The van der Waals surface area contributed by atoms with Crippen LogP contribution in [0.2, 0.25) is 5.02 Å². The minimum Gasteiger partial charge on any atom is -0.466 e. The molecule has 0 aliphatic carbocycles. The van der Waals surface area contributed by atoms with Crippen LogP contribution in [0.15, 0.2) is 23.1 Å². The zero-order valence-corrected chi connectivity index (χ0v) is 12.3. The molecule has 0 heterocycles. The number of hydrogen-bond acceptors (Lipinski definition) is 4. The minimum atomic E-state index is -3.65. The Labute approximate surface area is 118 Å². The zero-order valence-electron chi connectivity index (χ0n) is 10.8. The highest BCUT2D eigenvalue weighted by molar-refractivity contribution is 7.89. The van der Waals surface area contributed by atoms with Crippen molar-refractivity contribution >= 4 is 27.6 Å². The highest BCUT2D eigenvalue weighted by Crippen LogP contribution is 2.19. The van der Waals surface area contributed by atoms with E-state index >= 15 is 0 Å². The van der Waals surface area contributed by atoms with Crippen LogP contribution >= 0.6 is 11.6 Å². The van der Waals surface area contributed by atoms with Gasteiger partial charge in [-0.2, -0.15) is 0 Å². The predicted octanol–water partition coefficient (Wildman–Crippen LogP) is 1.88. The number of carbonyl (C=O) groups is 1. The van der Waals surface area contributed by atoms with Gasteiger partial charge >= 0.3 is 5.97 Å². The molecule has 0 fully saturated rings. The van der Waals surface area contributed by atoms with Crippen LogP contribution in [-0.4, -0.2) is 27.5 Å². The fourth-order valence-corrected chi connectivity index (χ4v) is 2.65. The summed E-state index contributed by atoms with van der Waals surface area (Å²) in [6.07, 6.45) is -0.00728. The van der Waals surface area contributed by atoms with Crippen molar-refractivity contribution in [3.8, 4) is 0 Å². The Bertz CT molecular complexity index is 557. The van der Waals surface area contributed by atoms with Gasteiger partial charge in [0, 0.05) is 11.6 Å². The van der Waals surface area contributed by atoms with E-state index in [4.69, 9.17) is 16.3 Å². The fraction of sp³-hybridized carbons (Fsp3) is 0.417. The number of ether oxygens (including phenoxy) is 1. The highest BCUT2D eigenvalue weighted by Gasteiger charge is 2.15. The van der Waals surface area contributed by atoms with E-state index in [2.05, 4.69) is 4.72 Å². The summed E-state index contributed by atoms with van der Waals surface area (Å²) in [5.41, 5.74) is 0.798. The second-order valence-corrected chi connectivity index (χ2v) is 6.04. The van der Waals surface area contributed by atoms with Crippen LogP contribution in [0.1, 0.15) is 18.9 Å². The van der Waals surface area contributed by atoms with Crippen molar-refractivity contribution in [2.45, 2.75) is 25.2 Å². The van der Waals surface area contributed by atoms with Crippen LogP contribution in [0.4, 0.5) is 0 Å². The van der Waals surface area contributed by atoms with Gasteiger partial charge in [-0.1, -0.05) is 17.7 Å². The molecule has 7 heteroatoms. The molecule has 0 aliphatic rings. The zero-order chi connectivity index (χ0) is 14.5. The lowest BCUT2D eigenvalue weighted by atomic mass is 10.2. The number of hydrogen-bond donors (Lipinski definition) is 1. The summed E-state index contributed by atoms with van der Waals surface area (Å²) >= 11 is 5.88. The molecule has 0 saturated heterocycles. The highest BCUT2D eigenvalue weighted by atomic mass is 35.5. The van der Waals surface area contributed by atoms with Gasteiger partial charge in [-0.05, 0) is 31.5 Å². The van der Waals surface area contributed by atoms with Crippen molar-refractivity contribution < 1.29 is 17.9 Å². The van der Waals surface area contributed by atoms with Gasteiger partial charge < -0.3 is 4.74 Å². The second kappa shape index (κ2) is 6.88. The lowest BCUT2D eigenvalue weighted by molar-refractivity contribution is -0.142. The van der Waals surface area contributed by atoms with Crippen molar-refractivity contribution in [2.75, 3.05) is 13.2 Å². The maximum absolute atomic E-state index is 11.9. The van der Waals surface area contributed by atoms with Crippen molar-refractivity contribution in [2.24, 2.45) is 0 Å². The Morgan fingerprint density at radius 2 is 2.11 bits per heavy atom. The first kappa shape index (κ1) is 15.9. The van der Waals surface area contributed by atoms with E-state index in [9.17, 15) is 13.2 Å². The molecular weight excluding hydrogens is 290 g/mol. The monoisotopic (exact) mass is 305 g/mol. The molecule has 5 nitrogen and oxygen atoms in total. The number of esters is 1. The van der Waals surface area contributed by atoms with Crippen LogP contribution in [0.3, 0.4) is 0 Å². The van der Waals surface area contributed by atoms with Crippen LogP contribution in [-0.2, 0) is 19.6 Å². The summed E-state index contributed by atoms with van der Waals surface area (Å²) in [6, 6.07) is 4.47. The van der Waals surface area contributed by atoms with Crippen LogP contribution in [0.25, 0.3) is 0 Å². The molecule has 0 amide bonds. The predicted molar refractivity (Wildman–Crippen MR) is 72.6 cm³/mol. The minimum absolute atomic E-state index is 0.00728. The molecule has 1 N–H and O–H groups in total. The Kier molecular flexibility index (Phi) is 5.78. The molecule has 0 bridgehead atoms. The SMILES string of the molecule is CCOC(=O)CCNS(=O)(=O)c1ccc(C)c(Cl)c1. The van der Waals surface area contributed by atoms with Gasteiger partial charge in [0.15, 0.2) is 0 Å². The Morgan fingerprint density at radius 3 is 2.68 bits per heavy atom. The molecule has 1 aromatic rings. The van der Waals surface area contributed by atoms with Gasteiger partial charge in [0.2, 0.25) is 10.0 Å². The first-order valence-electron chi connectivity index (χ1n) is 5.78. The number of benzene rings is 1. The summed E-state index contributed by atoms with van der Waals surface area (Å²) in [5.74, 6) is -0.438. The van der Waals surface area contributed by atoms with E-state index in [-0.39, 0.29) is 24.5 Å². The molecule has 19 heavy (non-hydrogen) atoms. The quantitative estimate of drug-likeness (QED) is 0.815. The largest absolute Gasteiger partial charge is 0.466 e. The van der Waals surface area contributed by atoms with Crippen molar-refractivity contribution in [1.82, 2.24) is 4.72 Å². The molecule has 0 spiro atoms. The van der Waals surface area contributed by atoms with E-state index in [1.54, 1.807) is 19.9 Å². The average Bonchev–Trinajstić information content (AvgIpc) is 2.32. The van der Waals surface area contributed by atoms with Gasteiger partial charge in [0.1, 0.15) is 0 Å². The third kappa shape index (κ3) is 4.81. The van der Waals surface area contributed by atoms with E-state index < -0.39 is 16.0 Å². The lowest BCUT2D eigenvalue weighted by Gasteiger charge is -2.07. The molecule has 1 aromatic carbocycles. The van der Waals surface area contributed by atoms with Gasteiger partial charge in [0.25, 0.3) is 0 Å². The summed E-state index contributed by atoms with van der Waals surface area (Å²) in [7, 11) is -3.65. The number of nitrogens with one attached hydrogen (secondary N) is 1. The van der Waals surface area contributed by atoms with E-state index in [0.717, 1.165) is 5.56 Å². The third-order valence-corrected chi connectivity index (χ3v) is 4.25. The fourth-order valence-electron chi connectivity index (χ4n) is 1.34. The Morgan fingerprint density at radius 1 is 1.42 bits per heavy atom. The topological polar surface area (TPSA) is 72.5 Å². The van der Waals surface area contributed by atoms with Crippen molar-refractivity contribution in [1.29, 1.82) is 0 Å². The number of carbonyl (C=O) groups excluding carboxylic acids is 1. The molecule has 0 aromatic heterocycles. The van der Waals surface area contributed by atoms with Crippen molar-refractivity contribution in [3.63, 3.8) is 0 Å². The first-order valence-corrected chi connectivity index (χ1v) is 7.64. The summed E-state index contributed by atoms with van der Waals surface area (Å²) in [5, 5.41) is 0.383. The Balaban J connectivity index is 2.66. The molecule has 0 saturated carbocycles. The second-order valence-electron chi connectivity index (χ2n) is 3.86. The van der Waals surface area contributed by atoms with E-state index in [1.165, 1.54) is 12.1 Å². The molecule has 0 aliphatic heterocycles. The maximum Gasteiger partial charge on any atom is 0.307 e. The molecule has 0 atom stereocenters. The Hall–Kier alpha value is -1.11. The van der Waals surface area contributed by atoms with Gasteiger partial charge in [-0.15, -0.1) is 0 Å². The third-order valence-electron chi connectivity index (χ3n) is 2.38. The maximum atomic E-state index is 11.9. The molecule has 0 unspecified atom stereocenters. The van der Waals surface area contributed by atoms with Crippen molar-refractivity contribution in [3.05, 3.63) is 28.8 Å². The summed E-state index contributed by atoms with van der Waals surface area (Å²) < 4.78 is 30.9. The number of rotatable bonds is 6. The summed E-state index contributed by atoms with van der Waals surface area (Å²) in [6.45, 7) is 3.75. The normalized spacial score (nSPS) is 11.3. The molecule has 1 rings (SSSR count). The smallest absolute Gasteiger partial charge is 0.307 e. The molecule has 0 radical (unpaired) electrons. The standard InChI is InChI=1S/C12H16ClNO4S/c1-3-18-12(15)6-7-14-19(16,17)10-5-4-9(2)11(13)8-10/h4-5,8,14H,3,6-7H2,1-2H3. The van der Waals surface area contributed by atoms with E-state index in [0.29, 0.717) is 5.02 Å². The lowest BCUT2D eigenvalue weighted by Crippen LogP contribution is -2.26. The van der Waals surface area contributed by atoms with Gasteiger partial charge in [-0.3, -0.25) is 4.79 Å². The van der Waals surface area contributed by atoms with E-state index in [1.807, 2.05) is 0 Å². The average molecular weight is 306 g/mol. The van der Waals surface area contributed by atoms with Gasteiger partial charge in [-0.25, -0.2) is 13.1 Å². The summed E-state index contributed by atoms with van der Waals surface area (Å²) in [4.78, 5) is 11.2. The van der Waals surface area contributed by atoms with Gasteiger partial charge in [0.05, 0.1) is 17.9 Å². The first-order chi connectivity index (χ1) is 8.86. The number of sulfonamides is 1. The number of halogens is 1. The number of aryl methyl sites for hydroxylation is 1. The van der Waals surface area contributed by atoms with Crippen LogP contribution < -0.4 is 4.72 Å². The van der Waals surface area contributed by atoms with Crippen LogP contribution in [0, 0.1) is 6.92 Å². The molecule has 106 valence electrons. The molecular formula is C12H16ClNO4S.